The predicted octanol–water partition coefficient (Wildman–Crippen LogP) is 2.59. The van der Waals surface area contributed by atoms with Crippen LogP contribution in [0.5, 0.6) is 0 Å². The molecule has 1 saturated heterocycles. The Kier molecular flexibility index (Phi) is 6.69. The molecule has 1 aliphatic heterocycles. The summed E-state index contributed by atoms with van der Waals surface area (Å²) < 4.78 is 1.64. The molecule has 0 spiro atoms. The number of hydrogen-bond acceptors (Lipinski definition) is 4. The van der Waals surface area contributed by atoms with Gasteiger partial charge in [-0.05, 0) is 31.0 Å². The van der Waals surface area contributed by atoms with Crippen molar-refractivity contribution in [3.63, 3.8) is 0 Å². The minimum atomic E-state index is -0.140. The Hall–Kier alpha value is -2.38. The van der Waals surface area contributed by atoms with E-state index in [4.69, 9.17) is 11.6 Å². The lowest BCUT2D eigenvalue weighted by atomic mass is 10.1. The summed E-state index contributed by atoms with van der Waals surface area (Å²) in [5, 5.41) is 7.84. The van der Waals surface area contributed by atoms with Gasteiger partial charge in [0.15, 0.2) is 0 Å². The summed E-state index contributed by atoms with van der Waals surface area (Å²) in [7, 11) is 0. The Morgan fingerprint density at radius 2 is 1.90 bits per heavy atom. The normalized spacial score (nSPS) is 18.0. The van der Waals surface area contributed by atoms with E-state index in [0.717, 1.165) is 51.3 Å². The van der Waals surface area contributed by atoms with Gasteiger partial charge < -0.3 is 10.2 Å². The number of rotatable bonds is 6. The van der Waals surface area contributed by atoms with Gasteiger partial charge >= 0.3 is 0 Å². The third kappa shape index (κ3) is 5.02. The number of carbonyl (C=O) groups excluding carboxylic acids is 2. The number of amides is 2. The van der Waals surface area contributed by atoms with Gasteiger partial charge in [-0.1, -0.05) is 30.5 Å². The number of hydrogen-bond donors (Lipinski definition) is 1. The summed E-state index contributed by atoms with van der Waals surface area (Å²) in [4.78, 5) is 29.3. The van der Waals surface area contributed by atoms with Gasteiger partial charge in [-0.15, -0.1) is 0 Å². The van der Waals surface area contributed by atoms with Gasteiger partial charge in [0.2, 0.25) is 5.91 Å². The molecule has 8 heteroatoms. The second-order valence-electron chi connectivity index (χ2n) is 8.06. The number of nitrogens with zero attached hydrogens (tertiary/aromatic N) is 4. The first-order chi connectivity index (χ1) is 14.6. The van der Waals surface area contributed by atoms with Crippen molar-refractivity contribution < 1.29 is 9.59 Å². The van der Waals surface area contributed by atoms with Gasteiger partial charge in [0.1, 0.15) is 0 Å². The van der Waals surface area contributed by atoms with E-state index < -0.39 is 0 Å². The van der Waals surface area contributed by atoms with E-state index >= 15 is 0 Å². The molecular weight excluding hydrogens is 402 g/mol. The van der Waals surface area contributed by atoms with Crippen LogP contribution in [-0.4, -0.2) is 70.7 Å². The zero-order valence-corrected chi connectivity index (χ0v) is 17.9. The van der Waals surface area contributed by atoms with Gasteiger partial charge in [0.25, 0.3) is 5.91 Å². The Labute approximate surface area is 182 Å². The average molecular weight is 430 g/mol. The Balaban J connectivity index is 1.20. The maximum atomic E-state index is 12.5. The van der Waals surface area contributed by atoms with Crippen molar-refractivity contribution in [2.24, 2.45) is 5.92 Å². The number of benzene rings is 1. The van der Waals surface area contributed by atoms with Crippen LogP contribution >= 0.6 is 11.6 Å². The molecule has 1 aromatic heterocycles. The Morgan fingerprint density at radius 3 is 2.63 bits per heavy atom. The average Bonchev–Trinajstić information content (AvgIpc) is 3.46. The fourth-order valence-corrected chi connectivity index (χ4v) is 4.44. The van der Waals surface area contributed by atoms with Crippen molar-refractivity contribution in [1.29, 1.82) is 0 Å². The van der Waals surface area contributed by atoms with Crippen LogP contribution in [0.25, 0.3) is 5.69 Å². The van der Waals surface area contributed by atoms with Crippen LogP contribution in [0, 0.1) is 5.92 Å². The molecular formula is C22H28ClN5O2. The molecule has 0 radical (unpaired) electrons. The molecule has 0 atom stereocenters. The molecule has 1 N–H and O–H groups in total. The molecule has 1 aliphatic carbocycles. The highest BCUT2D eigenvalue weighted by atomic mass is 35.5. The molecule has 2 fully saturated rings. The van der Waals surface area contributed by atoms with Crippen LogP contribution < -0.4 is 5.32 Å². The summed E-state index contributed by atoms with van der Waals surface area (Å²) in [6.07, 6.45) is 7.75. The van der Waals surface area contributed by atoms with Crippen molar-refractivity contribution in [2.75, 3.05) is 39.3 Å². The van der Waals surface area contributed by atoms with Crippen LogP contribution in [0.1, 0.15) is 36.0 Å². The lowest BCUT2D eigenvalue weighted by Crippen LogP contribution is -2.51. The number of nitrogens with one attached hydrogen (secondary N) is 1. The van der Waals surface area contributed by atoms with E-state index in [1.807, 2.05) is 17.0 Å². The first-order valence-corrected chi connectivity index (χ1v) is 11.1. The molecule has 2 amide bonds. The van der Waals surface area contributed by atoms with E-state index in [9.17, 15) is 9.59 Å². The second kappa shape index (κ2) is 9.62. The van der Waals surface area contributed by atoms with Crippen LogP contribution in [0.3, 0.4) is 0 Å². The molecule has 7 nitrogen and oxygen atoms in total. The van der Waals surface area contributed by atoms with Crippen molar-refractivity contribution in [3.8, 4) is 5.69 Å². The smallest absolute Gasteiger partial charge is 0.254 e. The third-order valence-electron chi connectivity index (χ3n) is 6.02. The molecule has 1 aromatic carbocycles. The first-order valence-electron chi connectivity index (χ1n) is 10.7. The van der Waals surface area contributed by atoms with Gasteiger partial charge in [0.05, 0.1) is 17.4 Å². The summed E-state index contributed by atoms with van der Waals surface area (Å²) >= 11 is 6.02. The van der Waals surface area contributed by atoms with Crippen LogP contribution in [0.4, 0.5) is 0 Å². The minimum Gasteiger partial charge on any atom is -0.351 e. The van der Waals surface area contributed by atoms with E-state index in [0.29, 0.717) is 23.0 Å². The van der Waals surface area contributed by atoms with Gasteiger partial charge in [-0.2, -0.15) is 5.10 Å². The first kappa shape index (κ1) is 20.9. The molecule has 0 unspecified atom stereocenters. The highest BCUT2D eigenvalue weighted by molar-refractivity contribution is 6.30. The lowest BCUT2D eigenvalue weighted by molar-refractivity contribution is -0.137. The number of halogens is 1. The number of aromatic nitrogens is 2. The van der Waals surface area contributed by atoms with Crippen molar-refractivity contribution in [1.82, 2.24) is 24.9 Å². The van der Waals surface area contributed by atoms with Crippen molar-refractivity contribution in [2.45, 2.75) is 25.7 Å². The lowest BCUT2D eigenvalue weighted by Gasteiger charge is -2.36. The van der Waals surface area contributed by atoms with Crippen molar-refractivity contribution in [3.05, 3.63) is 47.2 Å². The molecule has 160 valence electrons. The summed E-state index contributed by atoms with van der Waals surface area (Å²) in [5.41, 5.74) is 1.33. The fraction of sp³-hybridized carbons (Fsp3) is 0.500. The van der Waals surface area contributed by atoms with Gasteiger partial charge in [0, 0.05) is 56.4 Å². The van der Waals surface area contributed by atoms with Gasteiger partial charge in [-0.3, -0.25) is 14.5 Å². The molecule has 2 aliphatic rings. The van der Waals surface area contributed by atoms with E-state index in [1.54, 1.807) is 29.2 Å². The summed E-state index contributed by atoms with van der Waals surface area (Å²) in [6.45, 7) is 4.64. The molecule has 1 saturated carbocycles. The SMILES string of the molecule is O=C(NCCN1CCN(C(=O)C2CCCC2)CC1)c1cnn(-c2cccc(Cl)c2)c1. The van der Waals surface area contributed by atoms with Gasteiger partial charge in [-0.25, -0.2) is 4.68 Å². The standard InChI is InChI=1S/C22H28ClN5O2/c23-19-6-3-7-20(14-19)28-16-18(15-25-28)21(29)24-8-9-26-10-12-27(13-11-26)22(30)17-4-1-2-5-17/h3,6-7,14-17H,1-2,4-5,8-13H2,(H,24,29). The highest BCUT2D eigenvalue weighted by Crippen LogP contribution is 2.26. The largest absolute Gasteiger partial charge is 0.351 e. The van der Waals surface area contributed by atoms with Crippen molar-refractivity contribution >= 4 is 23.4 Å². The monoisotopic (exact) mass is 429 g/mol. The maximum Gasteiger partial charge on any atom is 0.254 e. The second-order valence-corrected chi connectivity index (χ2v) is 8.49. The number of piperazine rings is 1. The molecule has 0 bridgehead atoms. The minimum absolute atomic E-state index is 0.140. The van der Waals surface area contributed by atoms with Crippen LogP contribution in [0.2, 0.25) is 5.02 Å². The Bertz CT molecular complexity index is 885. The predicted molar refractivity (Wildman–Crippen MR) is 116 cm³/mol. The number of carbonyl (C=O) groups is 2. The quantitative estimate of drug-likeness (QED) is 0.766. The van der Waals surface area contributed by atoms with Crippen LogP contribution in [-0.2, 0) is 4.79 Å². The molecule has 2 aromatic rings. The summed E-state index contributed by atoms with van der Waals surface area (Å²) in [5.74, 6) is 0.458. The molecule has 2 heterocycles. The molecule has 4 rings (SSSR count). The zero-order valence-electron chi connectivity index (χ0n) is 17.1. The van der Waals surface area contributed by atoms with Crippen LogP contribution in [0.15, 0.2) is 36.7 Å². The zero-order chi connectivity index (χ0) is 20.9. The summed E-state index contributed by atoms with van der Waals surface area (Å²) in [6, 6.07) is 7.33. The maximum absolute atomic E-state index is 12.5. The molecule has 30 heavy (non-hydrogen) atoms. The fourth-order valence-electron chi connectivity index (χ4n) is 4.25. The van der Waals surface area contributed by atoms with E-state index in [2.05, 4.69) is 15.3 Å². The topological polar surface area (TPSA) is 70.5 Å². The van der Waals surface area contributed by atoms with E-state index in [-0.39, 0.29) is 11.8 Å². The van der Waals surface area contributed by atoms with E-state index in [1.165, 1.54) is 12.8 Å². The third-order valence-corrected chi connectivity index (χ3v) is 6.25. The highest BCUT2D eigenvalue weighted by Gasteiger charge is 2.29. The Morgan fingerprint density at radius 1 is 1.13 bits per heavy atom.